The fourth-order valence-corrected chi connectivity index (χ4v) is 1.26. The number of alkyl halides is 1. The highest BCUT2D eigenvalue weighted by molar-refractivity contribution is 5.27. The van der Waals surface area contributed by atoms with E-state index in [1.54, 1.807) is 0 Å². The molecule has 14 heavy (non-hydrogen) atoms. The minimum atomic E-state index is -2.75. The van der Waals surface area contributed by atoms with Gasteiger partial charge in [0.1, 0.15) is 0 Å². The number of rotatable bonds is 3. The summed E-state index contributed by atoms with van der Waals surface area (Å²) in [6, 6.07) is 0. The van der Waals surface area contributed by atoms with E-state index in [0.29, 0.717) is 0 Å². The summed E-state index contributed by atoms with van der Waals surface area (Å²) in [7, 11) is 1.17. The zero-order valence-corrected chi connectivity index (χ0v) is 7.57. The Kier molecular flexibility index (Phi) is 2.85. The molecule has 0 spiro atoms. The summed E-state index contributed by atoms with van der Waals surface area (Å²) in [5.41, 5.74) is 0.269. The van der Waals surface area contributed by atoms with Gasteiger partial charge >= 0.3 is 5.79 Å². The highest BCUT2D eigenvalue weighted by atomic mass is 19.1. The monoisotopic (exact) mass is 203 g/mol. The van der Waals surface area contributed by atoms with Crippen LogP contribution in [0.4, 0.5) is 4.39 Å². The van der Waals surface area contributed by atoms with E-state index in [-0.39, 0.29) is 11.3 Å². The molecule has 0 saturated carbocycles. The van der Waals surface area contributed by atoms with Gasteiger partial charge in [-0.05, 0) is 11.6 Å². The Bertz CT molecular complexity index is 312. The van der Waals surface area contributed by atoms with Crippen LogP contribution in [-0.4, -0.2) is 29.5 Å². The van der Waals surface area contributed by atoms with E-state index in [1.807, 2.05) is 0 Å². The fraction of sp³-hybridized carbons (Fsp3) is 0.500. The van der Waals surface area contributed by atoms with Crippen LogP contribution < -0.4 is 0 Å². The van der Waals surface area contributed by atoms with Crippen molar-refractivity contribution in [2.75, 3.05) is 13.7 Å². The van der Waals surface area contributed by atoms with E-state index in [9.17, 15) is 14.5 Å². The molecule has 5 nitrogen and oxygen atoms in total. The van der Waals surface area contributed by atoms with Crippen molar-refractivity contribution < 1.29 is 19.2 Å². The molecule has 0 bridgehead atoms. The Morgan fingerprint density at radius 1 is 1.79 bits per heavy atom. The van der Waals surface area contributed by atoms with Crippen molar-refractivity contribution in [2.24, 2.45) is 0 Å². The number of nitro groups is 1. The lowest BCUT2D eigenvalue weighted by atomic mass is 9.97. The van der Waals surface area contributed by atoms with Gasteiger partial charge in [-0.3, -0.25) is 10.1 Å². The van der Waals surface area contributed by atoms with Crippen LogP contribution in [0.3, 0.4) is 0 Å². The van der Waals surface area contributed by atoms with Crippen molar-refractivity contribution in [3.8, 4) is 0 Å². The Balaban J connectivity index is 3.04. The van der Waals surface area contributed by atoms with Crippen LogP contribution in [0.2, 0.25) is 0 Å². The summed E-state index contributed by atoms with van der Waals surface area (Å²) in [4.78, 5) is 9.46. The number of ether oxygens (including phenoxy) is 1. The Morgan fingerprint density at radius 2 is 2.43 bits per heavy atom. The van der Waals surface area contributed by atoms with Gasteiger partial charge in [-0.1, -0.05) is 6.08 Å². The topological polar surface area (TPSA) is 72.6 Å². The lowest BCUT2D eigenvalue weighted by Gasteiger charge is -2.22. The molecule has 0 aromatic rings. The van der Waals surface area contributed by atoms with E-state index in [2.05, 4.69) is 4.74 Å². The largest absolute Gasteiger partial charge is 0.491 e. The third-order valence-corrected chi connectivity index (χ3v) is 2.02. The predicted molar refractivity (Wildman–Crippen MR) is 45.7 cm³/mol. The average molecular weight is 203 g/mol. The summed E-state index contributed by atoms with van der Waals surface area (Å²) in [6.45, 7) is -0.396. The molecule has 0 aliphatic heterocycles. The van der Waals surface area contributed by atoms with Crippen LogP contribution in [0.1, 0.15) is 6.42 Å². The highest BCUT2D eigenvalue weighted by Crippen LogP contribution is 2.33. The molecule has 6 heteroatoms. The molecular weight excluding hydrogens is 193 g/mol. The molecule has 1 rings (SSSR count). The van der Waals surface area contributed by atoms with Crippen LogP contribution in [0.15, 0.2) is 23.5 Å². The number of aliphatic hydroxyl groups excluding tert-OH is 1. The maximum atomic E-state index is 13.8. The van der Waals surface area contributed by atoms with Gasteiger partial charge in [0.25, 0.3) is 0 Å². The van der Waals surface area contributed by atoms with Gasteiger partial charge in [-0.2, -0.15) is 4.39 Å². The first-order chi connectivity index (χ1) is 6.54. The summed E-state index contributed by atoms with van der Waals surface area (Å²) in [6.07, 6.45) is 2.11. The molecule has 0 aromatic heterocycles. The third-order valence-electron chi connectivity index (χ3n) is 2.02. The van der Waals surface area contributed by atoms with E-state index in [0.717, 1.165) is 6.08 Å². The summed E-state index contributed by atoms with van der Waals surface area (Å²) in [5.74, 6) is -3.10. The second-order valence-electron chi connectivity index (χ2n) is 2.91. The van der Waals surface area contributed by atoms with Crippen LogP contribution in [0.5, 0.6) is 0 Å². The van der Waals surface area contributed by atoms with Crippen LogP contribution in [0, 0.1) is 10.1 Å². The van der Waals surface area contributed by atoms with E-state index in [4.69, 9.17) is 5.11 Å². The number of allylic oxidation sites excluding steroid dienone is 2. The number of methoxy groups -OCH3 is 1. The van der Waals surface area contributed by atoms with Gasteiger partial charge in [0.15, 0.2) is 0 Å². The molecule has 1 atom stereocenters. The summed E-state index contributed by atoms with van der Waals surface area (Å²) in [5, 5.41) is 19.2. The van der Waals surface area contributed by atoms with Crippen molar-refractivity contribution >= 4 is 0 Å². The molecule has 1 aliphatic rings. The number of halogens is 1. The molecule has 1 aliphatic carbocycles. The van der Waals surface area contributed by atoms with Crippen molar-refractivity contribution in [1.29, 1.82) is 0 Å². The van der Waals surface area contributed by atoms with E-state index in [1.165, 1.54) is 13.2 Å². The van der Waals surface area contributed by atoms with Crippen LogP contribution in [-0.2, 0) is 4.74 Å². The van der Waals surface area contributed by atoms with Gasteiger partial charge in [-0.25, -0.2) is 0 Å². The van der Waals surface area contributed by atoms with Gasteiger partial charge in [0.05, 0.1) is 25.1 Å². The first-order valence-corrected chi connectivity index (χ1v) is 3.93. The second-order valence-corrected chi connectivity index (χ2v) is 2.91. The van der Waals surface area contributed by atoms with Crippen LogP contribution >= 0.6 is 0 Å². The zero-order valence-electron chi connectivity index (χ0n) is 7.57. The minimum Gasteiger partial charge on any atom is -0.491 e. The van der Waals surface area contributed by atoms with Crippen LogP contribution in [0.25, 0.3) is 0 Å². The zero-order chi connectivity index (χ0) is 10.8. The third kappa shape index (κ3) is 1.60. The first-order valence-electron chi connectivity index (χ1n) is 3.93. The quantitative estimate of drug-likeness (QED) is 0.418. The Hall–Kier alpha value is -1.43. The molecule has 0 amide bonds. The minimum absolute atomic E-state index is 0.269. The Morgan fingerprint density at radius 3 is 2.86 bits per heavy atom. The SMILES string of the molecule is COC1=CC=C(CO)CC1(F)[N+](=O)[O-]. The lowest BCUT2D eigenvalue weighted by Crippen LogP contribution is -2.38. The van der Waals surface area contributed by atoms with Gasteiger partial charge in [-0.15, -0.1) is 0 Å². The first kappa shape index (κ1) is 10.6. The lowest BCUT2D eigenvalue weighted by molar-refractivity contribution is -0.598. The number of hydrogen-bond acceptors (Lipinski definition) is 4. The molecule has 78 valence electrons. The molecule has 0 heterocycles. The fourth-order valence-electron chi connectivity index (χ4n) is 1.26. The smallest absolute Gasteiger partial charge is 0.419 e. The molecule has 0 radical (unpaired) electrons. The average Bonchev–Trinajstić information content (AvgIpc) is 2.17. The summed E-state index contributed by atoms with van der Waals surface area (Å²) < 4.78 is 18.3. The molecule has 0 saturated heterocycles. The predicted octanol–water partition coefficient (Wildman–Crippen LogP) is 0.782. The standard InChI is InChI=1S/C8H10FNO4/c1-14-7-3-2-6(5-11)4-8(7,9)10(12)13/h2-3,11H,4-5H2,1H3. The maximum absolute atomic E-state index is 13.8. The molecule has 0 aromatic carbocycles. The van der Waals surface area contributed by atoms with Crippen molar-refractivity contribution in [1.82, 2.24) is 0 Å². The molecule has 0 fully saturated rings. The molecule has 1 N–H and O–H groups in total. The number of hydrogen-bond donors (Lipinski definition) is 1. The van der Waals surface area contributed by atoms with Gasteiger partial charge in [0.2, 0.25) is 5.76 Å². The van der Waals surface area contributed by atoms with Gasteiger partial charge in [0, 0.05) is 0 Å². The maximum Gasteiger partial charge on any atom is 0.419 e. The van der Waals surface area contributed by atoms with Gasteiger partial charge < -0.3 is 9.84 Å². The summed E-state index contributed by atoms with van der Waals surface area (Å²) >= 11 is 0. The number of nitrogens with zero attached hydrogens (tertiary/aromatic N) is 1. The van der Waals surface area contributed by atoms with Crippen molar-refractivity contribution in [3.63, 3.8) is 0 Å². The normalized spacial score (nSPS) is 26.5. The molecular formula is C8H10FNO4. The second kappa shape index (κ2) is 3.75. The van der Waals surface area contributed by atoms with Crippen molar-refractivity contribution in [3.05, 3.63) is 33.6 Å². The van der Waals surface area contributed by atoms with E-state index < -0.39 is 23.7 Å². The Labute approximate surface area is 79.6 Å². The number of aliphatic hydroxyl groups is 1. The molecule has 1 unspecified atom stereocenters. The van der Waals surface area contributed by atoms with Crippen molar-refractivity contribution in [2.45, 2.75) is 12.2 Å². The highest BCUT2D eigenvalue weighted by Gasteiger charge is 2.50. The van der Waals surface area contributed by atoms with E-state index >= 15 is 0 Å².